The van der Waals surface area contributed by atoms with E-state index in [-0.39, 0.29) is 0 Å². The molecule has 0 aliphatic carbocycles. The molecule has 2 nitrogen and oxygen atoms in total. The Labute approximate surface area is 89.2 Å². The van der Waals surface area contributed by atoms with Crippen LogP contribution >= 0.6 is 0 Å². The van der Waals surface area contributed by atoms with Crippen molar-refractivity contribution >= 4 is 16.6 Å². The Morgan fingerprint density at radius 2 is 1.80 bits per heavy atom. The van der Waals surface area contributed by atoms with Crippen molar-refractivity contribution in [2.45, 2.75) is 13.8 Å². The Morgan fingerprint density at radius 3 is 2.67 bits per heavy atom. The van der Waals surface area contributed by atoms with Crippen molar-refractivity contribution in [2.75, 3.05) is 0 Å². The van der Waals surface area contributed by atoms with Crippen LogP contribution in [0, 0.1) is 0 Å². The number of hydrogen-bond acceptors (Lipinski definition) is 1. The molecule has 0 saturated heterocycles. The zero-order valence-corrected chi connectivity index (χ0v) is 9.01. The number of benzene rings is 1. The Balaban J connectivity index is 0.000000404. The molecule has 2 heteroatoms. The third-order valence-electron chi connectivity index (χ3n) is 2.28. The Hall–Kier alpha value is -1.83. The van der Waals surface area contributed by atoms with Crippen LogP contribution in [0.3, 0.4) is 0 Å². The summed E-state index contributed by atoms with van der Waals surface area (Å²) in [7, 11) is 0. The molecule has 0 amide bonds. The molecule has 0 saturated carbocycles. The molecule has 0 unspecified atom stereocenters. The molecule has 3 rings (SSSR count). The molecule has 0 atom stereocenters. The van der Waals surface area contributed by atoms with Gasteiger partial charge in [-0.3, -0.25) is 4.40 Å². The van der Waals surface area contributed by atoms with Crippen LogP contribution in [0.5, 0.6) is 0 Å². The number of nitrogens with zero attached hydrogens (tertiary/aromatic N) is 2. The van der Waals surface area contributed by atoms with Crippen molar-refractivity contribution in [2.24, 2.45) is 0 Å². The number of para-hydroxylation sites is 1. The predicted molar refractivity (Wildman–Crippen MR) is 64.0 cm³/mol. The molecule has 2 aromatic heterocycles. The summed E-state index contributed by atoms with van der Waals surface area (Å²) < 4.78 is 2.09. The second-order valence-corrected chi connectivity index (χ2v) is 3.05. The third kappa shape index (κ3) is 1.59. The van der Waals surface area contributed by atoms with Gasteiger partial charge >= 0.3 is 0 Å². The van der Waals surface area contributed by atoms with E-state index < -0.39 is 0 Å². The molecule has 0 aliphatic heterocycles. The number of rotatable bonds is 0. The van der Waals surface area contributed by atoms with Gasteiger partial charge in [0.05, 0.1) is 5.52 Å². The largest absolute Gasteiger partial charge is 0.300 e. The van der Waals surface area contributed by atoms with Crippen LogP contribution in [0.15, 0.2) is 48.8 Å². The van der Waals surface area contributed by atoms with Crippen molar-refractivity contribution in [3.05, 3.63) is 48.8 Å². The molecule has 2 heterocycles. The molecule has 1 aromatic carbocycles. The molecule has 0 N–H and O–H groups in total. The summed E-state index contributed by atoms with van der Waals surface area (Å²) in [6.45, 7) is 4.00. The zero-order chi connectivity index (χ0) is 10.7. The number of imidazole rings is 1. The fourth-order valence-electron chi connectivity index (χ4n) is 1.65. The highest BCUT2D eigenvalue weighted by molar-refractivity contribution is 5.81. The Bertz CT molecular complexity index is 567. The second-order valence-electron chi connectivity index (χ2n) is 3.05. The van der Waals surface area contributed by atoms with E-state index in [4.69, 9.17) is 0 Å². The van der Waals surface area contributed by atoms with E-state index >= 15 is 0 Å². The molecule has 0 spiro atoms. The molecule has 0 fully saturated rings. The normalized spacial score (nSPS) is 10.0. The van der Waals surface area contributed by atoms with Gasteiger partial charge in [-0.25, -0.2) is 4.98 Å². The fraction of sp³-hybridized carbons (Fsp3) is 0.154. The summed E-state index contributed by atoms with van der Waals surface area (Å²) >= 11 is 0. The Kier molecular flexibility index (Phi) is 2.68. The summed E-state index contributed by atoms with van der Waals surface area (Å²) in [6, 6.07) is 12.4. The highest BCUT2D eigenvalue weighted by atomic mass is 15.0. The van der Waals surface area contributed by atoms with E-state index in [1.807, 2.05) is 44.4 Å². The lowest BCUT2D eigenvalue weighted by Gasteiger charge is -1.99. The molecular weight excluding hydrogens is 184 g/mol. The van der Waals surface area contributed by atoms with Gasteiger partial charge in [0.1, 0.15) is 5.65 Å². The number of aromatic nitrogens is 2. The van der Waals surface area contributed by atoms with E-state index in [0.717, 1.165) is 5.65 Å². The first-order chi connectivity index (χ1) is 7.45. The first kappa shape index (κ1) is 9.71. The highest BCUT2D eigenvalue weighted by Gasteiger charge is 1.97. The molecule has 0 aliphatic rings. The molecule has 0 radical (unpaired) electrons. The topological polar surface area (TPSA) is 17.3 Å². The predicted octanol–water partition coefficient (Wildman–Crippen LogP) is 3.51. The van der Waals surface area contributed by atoms with Crippen LogP contribution in [-0.2, 0) is 0 Å². The van der Waals surface area contributed by atoms with Gasteiger partial charge in [0.25, 0.3) is 0 Å². The summed E-state index contributed by atoms with van der Waals surface area (Å²) in [4.78, 5) is 4.23. The number of pyridine rings is 1. The Morgan fingerprint density at radius 1 is 1.00 bits per heavy atom. The molecule has 76 valence electrons. The summed E-state index contributed by atoms with van der Waals surface area (Å²) in [5, 5.41) is 1.24. The number of fused-ring (bicyclic) bond motifs is 3. The quantitative estimate of drug-likeness (QED) is 0.540. The van der Waals surface area contributed by atoms with E-state index in [2.05, 4.69) is 27.6 Å². The maximum atomic E-state index is 4.23. The van der Waals surface area contributed by atoms with Crippen molar-refractivity contribution < 1.29 is 0 Å². The van der Waals surface area contributed by atoms with E-state index in [1.165, 1.54) is 10.9 Å². The smallest absolute Gasteiger partial charge is 0.137 e. The summed E-state index contributed by atoms with van der Waals surface area (Å²) in [5.41, 5.74) is 2.20. The maximum Gasteiger partial charge on any atom is 0.137 e. The van der Waals surface area contributed by atoms with Crippen molar-refractivity contribution in [1.29, 1.82) is 0 Å². The van der Waals surface area contributed by atoms with Crippen LogP contribution in [-0.4, -0.2) is 9.38 Å². The van der Waals surface area contributed by atoms with Gasteiger partial charge in [-0.2, -0.15) is 0 Å². The van der Waals surface area contributed by atoms with Gasteiger partial charge in [-0.15, -0.1) is 0 Å². The van der Waals surface area contributed by atoms with Crippen LogP contribution in [0.4, 0.5) is 0 Å². The van der Waals surface area contributed by atoms with E-state index in [9.17, 15) is 0 Å². The van der Waals surface area contributed by atoms with Gasteiger partial charge in [0.15, 0.2) is 0 Å². The lowest BCUT2D eigenvalue weighted by atomic mass is 10.2. The van der Waals surface area contributed by atoms with Crippen molar-refractivity contribution in [3.63, 3.8) is 0 Å². The SMILES string of the molecule is CC.c1ccc2c(c1)ccc1nccn12. The molecule has 15 heavy (non-hydrogen) atoms. The highest BCUT2D eigenvalue weighted by Crippen LogP contribution is 2.15. The minimum absolute atomic E-state index is 0.999. The first-order valence-electron chi connectivity index (χ1n) is 5.26. The zero-order valence-electron chi connectivity index (χ0n) is 9.01. The van der Waals surface area contributed by atoms with Crippen molar-refractivity contribution in [1.82, 2.24) is 9.38 Å². The van der Waals surface area contributed by atoms with E-state index in [0.29, 0.717) is 0 Å². The molecular formula is C13H14N2. The third-order valence-corrected chi connectivity index (χ3v) is 2.28. The summed E-state index contributed by atoms with van der Waals surface area (Å²) in [5.74, 6) is 0. The lowest BCUT2D eigenvalue weighted by Crippen LogP contribution is -1.85. The van der Waals surface area contributed by atoms with Crippen molar-refractivity contribution in [3.8, 4) is 0 Å². The van der Waals surface area contributed by atoms with Crippen LogP contribution in [0.2, 0.25) is 0 Å². The standard InChI is InChI=1S/C11H8N2.C2H6/c1-2-4-10-9(3-1)5-6-11-12-7-8-13(10)11;1-2/h1-8H;1-2H3. The van der Waals surface area contributed by atoms with Crippen LogP contribution in [0.25, 0.3) is 16.6 Å². The molecule has 3 aromatic rings. The maximum absolute atomic E-state index is 4.23. The van der Waals surface area contributed by atoms with Gasteiger partial charge in [0.2, 0.25) is 0 Å². The second kappa shape index (κ2) is 4.13. The van der Waals surface area contributed by atoms with Gasteiger partial charge in [-0.1, -0.05) is 32.0 Å². The van der Waals surface area contributed by atoms with Gasteiger partial charge in [0, 0.05) is 12.4 Å². The monoisotopic (exact) mass is 198 g/mol. The average molecular weight is 198 g/mol. The summed E-state index contributed by atoms with van der Waals surface area (Å²) in [6.07, 6.45) is 3.80. The first-order valence-corrected chi connectivity index (χ1v) is 5.26. The van der Waals surface area contributed by atoms with Crippen LogP contribution < -0.4 is 0 Å². The minimum Gasteiger partial charge on any atom is -0.300 e. The van der Waals surface area contributed by atoms with Gasteiger partial charge in [-0.05, 0) is 23.6 Å². The van der Waals surface area contributed by atoms with E-state index in [1.54, 1.807) is 0 Å². The molecule has 0 bridgehead atoms. The average Bonchev–Trinajstić information content (AvgIpc) is 2.80. The lowest BCUT2D eigenvalue weighted by molar-refractivity contribution is 1.26. The fourth-order valence-corrected chi connectivity index (χ4v) is 1.65. The van der Waals surface area contributed by atoms with Crippen LogP contribution in [0.1, 0.15) is 13.8 Å². The number of hydrogen-bond donors (Lipinski definition) is 0. The van der Waals surface area contributed by atoms with Gasteiger partial charge < -0.3 is 0 Å². The minimum atomic E-state index is 0.999.